The molecule has 1 aromatic carbocycles. The molecule has 9 heteroatoms. The Morgan fingerprint density at radius 3 is 2.70 bits per heavy atom. The first-order valence-electron chi connectivity index (χ1n) is 10.1. The number of rotatable bonds is 6. The van der Waals surface area contributed by atoms with Crippen LogP contribution >= 0.6 is 0 Å². The Kier molecular flexibility index (Phi) is 5.78. The molecule has 9 nitrogen and oxygen atoms in total. The van der Waals surface area contributed by atoms with Crippen molar-refractivity contribution in [2.24, 2.45) is 10.1 Å². The molecule has 0 bridgehead atoms. The molecular formula is C21H26N4O5. The normalized spacial score (nSPS) is 18.9. The average molecular weight is 414 g/mol. The number of guanidine groups is 1. The number of hydrazone groups is 1. The molecule has 4 rings (SSSR count). The quantitative estimate of drug-likeness (QED) is 0.610. The Balaban J connectivity index is 1.76. The van der Waals surface area contributed by atoms with Crippen LogP contribution in [0.2, 0.25) is 0 Å². The van der Waals surface area contributed by atoms with Gasteiger partial charge in [-0.25, -0.2) is 15.2 Å². The maximum atomic E-state index is 11.0. The lowest BCUT2D eigenvalue weighted by molar-refractivity contribution is -0.139. The molecule has 1 aliphatic heterocycles. The van der Waals surface area contributed by atoms with Crippen LogP contribution in [-0.2, 0) is 11.2 Å². The minimum Gasteiger partial charge on any atom is -0.492 e. The van der Waals surface area contributed by atoms with Gasteiger partial charge >= 0.3 is 5.97 Å². The van der Waals surface area contributed by atoms with Crippen molar-refractivity contribution in [2.45, 2.75) is 32.1 Å². The van der Waals surface area contributed by atoms with Crippen molar-refractivity contribution in [3.63, 3.8) is 0 Å². The predicted octanol–water partition coefficient (Wildman–Crippen LogP) is 1.96. The van der Waals surface area contributed by atoms with Gasteiger partial charge in [-0.3, -0.25) is 0 Å². The molecule has 0 saturated heterocycles. The summed E-state index contributed by atoms with van der Waals surface area (Å²) in [4.78, 5) is 15.3. The number of carbonyl (C=O) groups is 1. The van der Waals surface area contributed by atoms with Gasteiger partial charge in [0.2, 0.25) is 11.7 Å². The van der Waals surface area contributed by atoms with Gasteiger partial charge in [0.25, 0.3) is 0 Å². The summed E-state index contributed by atoms with van der Waals surface area (Å²) in [5.74, 6) is 1.03. The van der Waals surface area contributed by atoms with Crippen molar-refractivity contribution in [1.82, 2.24) is 10.7 Å². The van der Waals surface area contributed by atoms with Crippen LogP contribution in [-0.4, -0.2) is 56.7 Å². The molecule has 2 aliphatic carbocycles. The molecule has 1 heterocycles. The molecule has 0 atom stereocenters. The molecular weight excluding hydrogens is 388 g/mol. The zero-order chi connectivity index (χ0) is 21.1. The van der Waals surface area contributed by atoms with Crippen LogP contribution in [0.25, 0.3) is 5.57 Å². The number of allylic oxidation sites excluding steroid dienone is 2. The Labute approximate surface area is 174 Å². The number of benzene rings is 1. The first kappa shape index (κ1) is 20.1. The second kappa shape index (κ2) is 8.64. The summed E-state index contributed by atoms with van der Waals surface area (Å²) in [6, 6.07) is 1.88. The first-order valence-corrected chi connectivity index (χ1v) is 10.1. The number of aryl methyl sites for hydroxylation is 1. The van der Waals surface area contributed by atoms with Gasteiger partial charge in [0.15, 0.2) is 18.1 Å². The second-order valence-electron chi connectivity index (χ2n) is 7.30. The number of aliphatic carboxylic acids is 1. The van der Waals surface area contributed by atoms with Crippen LogP contribution in [0.4, 0.5) is 0 Å². The van der Waals surface area contributed by atoms with E-state index in [0.29, 0.717) is 23.2 Å². The van der Waals surface area contributed by atoms with E-state index in [0.717, 1.165) is 62.0 Å². The Morgan fingerprint density at radius 2 is 2.00 bits per heavy atom. The lowest BCUT2D eigenvalue weighted by Crippen LogP contribution is -2.31. The highest BCUT2D eigenvalue weighted by atomic mass is 16.5. The molecule has 0 aromatic heterocycles. The van der Waals surface area contributed by atoms with Gasteiger partial charge in [-0.2, -0.15) is 5.10 Å². The molecule has 0 saturated carbocycles. The lowest BCUT2D eigenvalue weighted by Gasteiger charge is -2.20. The summed E-state index contributed by atoms with van der Waals surface area (Å²) in [5.41, 5.74) is 8.59. The van der Waals surface area contributed by atoms with Crippen molar-refractivity contribution >= 4 is 23.2 Å². The summed E-state index contributed by atoms with van der Waals surface area (Å²) in [6.07, 6.45) is 4.41. The number of hydrogen-bond acceptors (Lipinski definition) is 8. The van der Waals surface area contributed by atoms with E-state index in [1.165, 1.54) is 18.3 Å². The number of fused-ring (bicyclic) bond motifs is 2. The van der Waals surface area contributed by atoms with E-state index in [4.69, 9.17) is 19.3 Å². The number of hydrogen-bond donors (Lipinski definition) is 3. The first-order chi connectivity index (χ1) is 14.6. The standard InChI is InChI=1S/C21H26N4O5/c1-28-19-16(30-11-17(26)27)10-12-6-7-15(24-25-21-22-8-9-23-21)13-4-3-5-14(13)18(12)20(19)29-2/h10H,3-9,11H2,1-2H3,(H,26,27)(H2,22,23,25). The van der Waals surface area contributed by atoms with Crippen LogP contribution in [0.5, 0.6) is 17.2 Å². The summed E-state index contributed by atoms with van der Waals surface area (Å²) in [5, 5.41) is 16.8. The number of ether oxygens (including phenoxy) is 3. The monoisotopic (exact) mass is 414 g/mol. The molecule has 3 N–H and O–H groups in total. The fraction of sp³-hybridized carbons (Fsp3) is 0.476. The number of methoxy groups -OCH3 is 2. The van der Waals surface area contributed by atoms with Crippen LogP contribution in [0.15, 0.2) is 21.7 Å². The van der Waals surface area contributed by atoms with E-state index in [2.05, 4.69) is 20.8 Å². The zero-order valence-corrected chi connectivity index (χ0v) is 17.2. The van der Waals surface area contributed by atoms with Crippen LogP contribution < -0.4 is 25.0 Å². The van der Waals surface area contributed by atoms with Crippen molar-refractivity contribution in [2.75, 3.05) is 33.9 Å². The third-order valence-corrected chi connectivity index (χ3v) is 5.51. The Bertz CT molecular complexity index is 951. The predicted molar refractivity (Wildman–Crippen MR) is 113 cm³/mol. The Morgan fingerprint density at radius 1 is 1.20 bits per heavy atom. The fourth-order valence-corrected chi connectivity index (χ4v) is 4.29. The lowest BCUT2D eigenvalue weighted by atomic mass is 9.95. The number of nitrogens with one attached hydrogen (secondary N) is 2. The van der Waals surface area contributed by atoms with Crippen molar-refractivity contribution in [3.8, 4) is 17.2 Å². The van der Waals surface area contributed by atoms with Gasteiger partial charge in [0, 0.05) is 12.1 Å². The van der Waals surface area contributed by atoms with Crippen molar-refractivity contribution in [1.29, 1.82) is 0 Å². The average Bonchev–Trinajstić information content (AvgIpc) is 3.41. The number of carboxylic acid groups (broad SMARTS) is 1. The summed E-state index contributed by atoms with van der Waals surface area (Å²) in [7, 11) is 3.13. The van der Waals surface area contributed by atoms with E-state index < -0.39 is 12.6 Å². The highest BCUT2D eigenvalue weighted by Crippen LogP contribution is 2.50. The number of aliphatic imine (C=N–C) groups is 1. The third-order valence-electron chi connectivity index (χ3n) is 5.51. The van der Waals surface area contributed by atoms with E-state index >= 15 is 0 Å². The zero-order valence-electron chi connectivity index (χ0n) is 17.2. The van der Waals surface area contributed by atoms with Gasteiger partial charge in [-0.1, -0.05) is 0 Å². The Hall–Kier alpha value is -3.23. The van der Waals surface area contributed by atoms with E-state index in [1.807, 2.05) is 6.07 Å². The molecule has 30 heavy (non-hydrogen) atoms. The fourth-order valence-electron chi connectivity index (χ4n) is 4.29. The third kappa shape index (κ3) is 3.79. The van der Waals surface area contributed by atoms with E-state index in [-0.39, 0.29) is 0 Å². The van der Waals surface area contributed by atoms with E-state index in [9.17, 15) is 4.79 Å². The molecule has 1 aromatic rings. The molecule has 160 valence electrons. The summed E-state index contributed by atoms with van der Waals surface area (Å²) in [6.45, 7) is 1.13. The smallest absolute Gasteiger partial charge is 0.341 e. The minimum atomic E-state index is -1.05. The van der Waals surface area contributed by atoms with Gasteiger partial charge in [-0.15, -0.1) is 0 Å². The van der Waals surface area contributed by atoms with E-state index in [1.54, 1.807) is 7.11 Å². The molecule has 0 amide bonds. The maximum Gasteiger partial charge on any atom is 0.341 e. The topological polar surface area (TPSA) is 114 Å². The van der Waals surface area contributed by atoms with Crippen LogP contribution in [0.1, 0.15) is 36.8 Å². The maximum absolute atomic E-state index is 11.0. The molecule has 3 aliphatic rings. The van der Waals surface area contributed by atoms with Gasteiger partial charge in [0.05, 0.1) is 26.5 Å². The highest BCUT2D eigenvalue weighted by Gasteiger charge is 2.31. The molecule has 0 unspecified atom stereocenters. The largest absolute Gasteiger partial charge is 0.492 e. The van der Waals surface area contributed by atoms with Gasteiger partial charge < -0.3 is 24.6 Å². The SMILES string of the molecule is COc1c(OCC(=O)O)cc2c(c1OC)C1=C(CCC1)C(=NNC1=NCCN1)CC2. The molecule has 0 spiro atoms. The number of carboxylic acids is 1. The van der Waals surface area contributed by atoms with Crippen molar-refractivity contribution in [3.05, 3.63) is 22.8 Å². The van der Waals surface area contributed by atoms with Gasteiger partial charge in [0.1, 0.15) is 0 Å². The van der Waals surface area contributed by atoms with Crippen LogP contribution in [0, 0.1) is 0 Å². The van der Waals surface area contributed by atoms with Crippen LogP contribution in [0.3, 0.4) is 0 Å². The molecule has 0 fully saturated rings. The molecule has 0 radical (unpaired) electrons. The second-order valence-corrected chi connectivity index (χ2v) is 7.30. The summed E-state index contributed by atoms with van der Waals surface area (Å²) >= 11 is 0. The van der Waals surface area contributed by atoms with Crippen molar-refractivity contribution < 1.29 is 24.1 Å². The highest BCUT2D eigenvalue weighted by molar-refractivity contribution is 6.09. The van der Waals surface area contributed by atoms with Gasteiger partial charge in [-0.05, 0) is 54.9 Å². The number of nitrogens with zero attached hydrogens (tertiary/aromatic N) is 2. The summed E-state index contributed by atoms with van der Waals surface area (Å²) < 4.78 is 16.8. The minimum absolute atomic E-state index is 0.374.